The van der Waals surface area contributed by atoms with Gasteiger partial charge in [0.25, 0.3) is 0 Å². The van der Waals surface area contributed by atoms with Gasteiger partial charge in [-0.2, -0.15) is 5.10 Å². The third-order valence-corrected chi connectivity index (χ3v) is 2.81. The van der Waals surface area contributed by atoms with Crippen LogP contribution in [0.3, 0.4) is 0 Å². The molecule has 0 saturated carbocycles. The van der Waals surface area contributed by atoms with Gasteiger partial charge >= 0.3 is 0 Å². The van der Waals surface area contributed by atoms with E-state index in [1.807, 2.05) is 16.9 Å². The second-order valence-electron chi connectivity index (χ2n) is 4.02. The Kier molecular flexibility index (Phi) is 2.84. The van der Waals surface area contributed by atoms with E-state index in [4.69, 9.17) is 0 Å². The van der Waals surface area contributed by atoms with Crippen molar-refractivity contribution < 1.29 is 5.11 Å². The van der Waals surface area contributed by atoms with Crippen molar-refractivity contribution in [2.45, 2.75) is 31.4 Å². The number of β-amino-alcohol motifs (C(OH)–C–C–N with tert-alkyl or cyclic N) is 1. The molecule has 4 heteroatoms. The fraction of sp³-hybridized carbons (Fsp3) is 0.700. The van der Waals surface area contributed by atoms with Crippen LogP contribution in [0.5, 0.6) is 0 Å². The van der Waals surface area contributed by atoms with E-state index in [1.54, 1.807) is 6.20 Å². The molecule has 2 rings (SSSR count). The summed E-state index contributed by atoms with van der Waals surface area (Å²) in [6, 6.07) is 1.92. The van der Waals surface area contributed by atoms with Crippen LogP contribution in [0.1, 0.15) is 19.3 Å². The minimum atomic E-state index is -0.465. The number of aryl methyl sites for hydroxylation is 1. The van der Waals surface area contributed by atoms with E-state index in [9.17, 15) is 5.11 Å². The first-order chi connectivity index (χ1) is 6.79. The van der Waals surface area contributed by atoms with E-state index >= 15 is 0 Å². The molecular formula is C10H17N3O. The molecule has 2 heterocycles. The molecule has 1 aromatic rings. The van der Waals surface area contributed by atoms with Crippen LogP contribution in [-0.4, -0.2) is 33.6 Å². The van der Waals surface area contributed by atoms with Crippen molar-refractivity contribution in [2.75, 3.05) is 13.1 Å². The zero-order valence-corrected chi connectivity index (χ0v) is 8.32. The molecule has 0 bridgehead atoms. The summed E-state index contributed by atoms with van der Waals surface area (Å²) in [6.07, 6.45) is 6.47. The van der Waals surface area contributed by atoms with Gasteiger partial charge < -0.3 is 10.4 Å². The first kappa shape index (κ1) is 9.68. The van der Waals surface area contributed by atoms with Crippen LogP contribution in [0, 0.1) is 0 Å². The minimum absolute atomic E-state index is 0.465. The lowest BCUT2D eigenvalue weighted by atomic mass is 9.97. The molecule has 1 aliphatic heterocycles. The van der Waals surface area contributed by atoms with E-state index in [0.29, 0.717) is 0 Å². The summed E-state index contributed by atoms with van der Waals surface area (Å²) < 4.78 is 1.91. The van der Waals surface area contributed by atoms with Crippen molar-refractivity contribution >= 4 is 0 Å². The summed E-state index contributed by atoms with van der Waals surface area (Å²) >= 11 is 0. The Hall–Kier alpha value is -0.870. The average Bonchev–Trinajstić information content (AvgIpc) is 2.77. The molecule has 0 aromatic carbocycles. The third-order valence-electron chi connectivity index (χ3n) is 2.81. The molecule has 0 amide bonds. The van der Waals surface area contributed by atoms with Gasteiger partial charge in [0.1, 0.15) is 0 Å². The Morgan fingerprint density at radius 1 is 1.57 bits per heavy atom. The van der Waals surface area contributed by atoms with Crippen molar-refractivity contribution in [3.8, 4) is 0 Å². The molecule has 1 atom stereocenters. The molecule has 0 aliphatic carbocycles. The molecular weight excluding hydrogens is 178 g/mol. The van der Waals surface area contributed by atoms with Gasteiger partial charge in [0.15, 0.2) is 0 Å². The lowest BCUT2D eigenvalue weighted by Crippen LogP contribution is -2.31. The number of aliphatic hydroxyl groups is 1. The quantitative estimate of drug-likeness (QED) is 0.730. The van der Waals surface area contributed by atoms with Crippen molar-refractivity contribution in [3.63, 3.8) is 0 Å². The maximum absolute atomic E-state index is 10.0. The smallest absolute Gasteiger partial charge is 0.0784 e. The van der Waals surface area contributed by atoms with Gasteiger partial charge in [0, 0.05) is 25.5 Å². The van der Waals surface area contributed by atoms with Crippen molar-refractivity contribution in [1.29, 1.82) is 0 Å². The molecule has 1 aromatic heterocycles. The van der Waals surface area contributed by atoms with Crippen molar-refractivity contribution in [2.24, 2.45) is 0 Å². The monoisotopic (exact) mass is 195 g/mol. The van der Waals surface area contributed by atoms with Crippen LogP contribution in [0.4, 0.5) is 0 Å². The number of hydrogen-bond acceptors (Lipinski definition) is 3. The highest BCUT2D eigenvalue weighted by Gasteiger charge is 2.29. The molecule has 1 aliphatic rings. The molecule has 78 valence electrons. The van der Waals surface area contributed by atoms with Gasteiger partial charge in [-0.25, -0.2) is 0 Å². The van der Waals surface area contributed by atoms with Crippen LogP contribution >= 0.6 is 0 Å². The number of nitrogens with one attached hydrogen (secondary N) is 1. The summed E-state index contributed by atoms with van der Waals surface area (Å²) in [5.41, 5.74) is -0.465. The number of nitrogens with zero attached hydrogens (tertiary/aromatic N) is 2. The molecule has 1 unspecified atom stereocenters. The molecule has 2 N–H and O–H groups in total. The maximum Gasteiger partial charge on any atom is 0.0784 e. The average molecular weight is 195 g/mol. The summed E-state index contributed by atoms with van der Waals surface area (Å²) in [4.78, 5) is 0. The lowest BCUT2D eigenvalue weighted by molar-refractivity contribution is 0.0488. The van der Waals surface area contributed by atoms with E-state index < -0.39 is 5.60 Å². The van der Waals surface area contributed by atoms with E-state index in [-0.39, 0.29) is 0 Å². The molecule has 4 nitrogen and oxygen atoms in total. The van der Waals surface area contributed by atoms with Gasteiger partial charge in [0.2, 0.25) is 0 Å². The molecule has 0 radical (unpaired) electrons. The van der Waals surface area contributed by atoms with Crippen LogP contribution in [0.2, 0.25) is 0 Å². The van der Waals surface area contributed by atoms with Crippen molar-refractivity contribution in [1.82, 2.24) is 15.1 Å². The summed E-state index contributed by atoms with van der Waals surface area (Å²) in [5, 5.41) is 17.3. The summed E-state index contributed by atoms with van der Waals surface area (Å²) in [7, 11) is 0. The Morgan fingerprint density at radius 3 is 3.14 bits per heavy atom. The predicted octanol–water partition coefficient (Wildman–Crippen LogP) is 0.388. The van der Waals surface area contributed by atoms with Gasteiger partial charge in [-0.3, -0.25) is 4.68 Å². The van der Waals surface area contributed by atoms with Crippen LogP contribution < -0.4 is 5.32 Å². The normalized spacial score (nSPS) is 26.9. The van der Waals surface area contributed by atoms with E-state index in [1.165, 1.54) is 0 Å². The Bertz CT molecular complexity index is 265. The topological polar surface area (TPSA) is 50.1 Å². The Labute approximate surface area is 83.9 Å². The first-order valence-corrected chi connectivity index (χ1v) is 5.19. The zero-order chi connectivity index (χ0) is 9.86. The molecule has 0 spiro atoms. The van der Waals surface area contributed by atoms with E-state index in [0.717, 1.165) is 38.9 Å². The SMILES string of the molecule is OC1(CCCn2cccn2)CCNC1. The van der Waals surface area contributed by atoms with Crippen molar-refractivity contribution in [3.05, 3.63) is 18.5 Å². The molecule has 14 heavy (non-hydrogen) atoms. The first-order valence-electron chi connectivity index (χ1n) is 5.19. The highest BCUT2D eigenvalue weighted by atomic mass is 16.3. The van der Waals surface area contributed by atoms with Crippen LogP contribution in [-0.2, 0) is 6.54 Å². The Balaban J connectivity index is 1.72. The van der Waals surface area contributed by atoms with E-state index in [2.05, 4.69) is 10.4 Å². The highest BCUT2D eigenvalue weighted by molar-refractivity contribution is 4.87. The van der Waals surface area contributed by atoms with Crippen LogP contribution in [0.25, 0.3) is 0 Å². The number of aromatic nitrogens is 2. The maximum atomic E-state index is 10.0. The van der Waals surface area contributed by atoms with Gasteiger partial charge in [-0.15, -0.1) is 0 Å². The Morgan fingerprint density at radius 2 is 2.50 bits per heavy atom. The standard InChI is InChI=1S/C10H17N3O/c14-10(4-6-11-9-10)3-1-7-13-8-2-5-12-13/h2,5,8,11,14H,1,3-4,6-7,9H2. The molecule has 1 saturated heterocycles. The third kappa shape index (κ3) is 2.33. The van der Waals surface area contributed by atoms with Crippen LogP contribution in [0.15, 0.2) is 18.5 Å². The molecule has 1 fully saturated rings. The highest BCUT2D eigenvalue weighted by Crippen LogP contribution is 2.20. The second-order valence-corrected chi connectivity index (χ2v) is 4.02. The van der Waals surface area contributed by atoms with Gasteiger partial charge in [0.05, 0.1) is 5.60 Å². The minimum Gasteiger partial charge on any atom is -0.389 e. The lowest BCUT2D eigenvalue weighted by Gasteiger charge is -2.20. The van der Waals surface area contributed by atoms with Gasteiger partial charge in [-0.05, 0) is 31.9 Å². The fourth-order valence-electron chi connectivity index (χ4n) is 1.95. The summed E-state index contributed by atoms with van der Waals surface area (Å²) in [6.45, 7) is 2.58. The summed E-state index contributed by atoms with van der Waals surface area (Å²) in [5.74, 6) is 0. The largest absolute Gasteiger partial charge is 0.389 e. The second kappa shape index (κ2) is 4.11. The number of rotatable bonds is 4. The number of hydrogen-bond donors (Lipinski definition) is 2. The van der Waals surface area contributed by atoms with Gasteiger partial charge in [-0.1, -0.05) is 0 Å². The predicted molar refractivity (Wildman–Crippen MR) is 53.9 cm³/mol. The fourth-order valence-corrected chi connectivity index (χ4v) is 1.95. The zero-order valence-electron chi connectivity index (χ0n) is 8.32.